The number of rotatable bonds is 6. The van der Waals surface area contributed by atoms with E-state index in [1.54, 1.807) is 14.2 Å². The smallest absolute Gasteiger partial charge is 0.334 e. The molecule has 0 radical (unpaired) electrons. The minimum absolute atomic E-state index is 0.807. The second kappa shape index (κ2) is 7.68. The summed E-state index contributed by atoms with van der Waals surface area (Å²) in [6.07, 6.45) is 0.996. The normalized spacial score (nSPS) is 11.2. The van der Waals surface area contributed by atoms with Crippen LogP contribution in [0.25, 0.3) is 0 Å². The van der Waals surface area contributed by atoms with Crippen LogP contribution >= 0.6 is 0 Å². The van der Waals surface area contributed by atoms with E-state index in [1.807, 2.05) is 38.0 Å². The monoisotopic (exact) mass is 261 g/mol. The predicted molar refractivity (Wildman–Crippen MR) is 74.7 cm³/mol. The standard InChI is InChI=1S/C11H27N3O2Si/c1-13(2)11(14(3)4)12-9-8-10-17(7,15-5)16-6/h8-10H2,1-7H3. The van der Waals surface area contributed by atoms with Crippen LogP contribution in [0, 0.1) is 0 Å². The highest BCUT2D eigenvalue weighted by Crippen LogP contribution is 2.13. The van der Waals surface area contributed by atoms with Gasteiger partial charge in [-0.25, -0.2) is 0 Å². The van der Waals surface area contributed by atoms with Crippen molar-refractivity contribution < 1.29 is 8.85 Å². The number of hydrogen-bond acceptors (Lipinski definition) is 3. The molecule has 0 aliphatic rings. The molecule has 0 aromatic rings. The fraction of sp³-hybridized carbons (Fsp3) is 0.909. The Labute approximate surface area is 107 Å². The van der Waals surface area contributed by atoms with Gasteiger partial charge in [0.05, 0.1) is 0 Å². The molecule has 6 heteroatoms. The van der Waals surface area contributed by atoms with Crippen LogP contribution < -0.4 is 0 Å². The van der Waals surface area contributed by atoms with Crippen molar-refractivity contribution in [2.75, 3.05) is 49.0 Å². The lowest BCUT2D eigenvalue weighted by Gasteiger charge is -2.24. The molecule has 0 amide bonds. The lowest BCUT2D eigenvalue weighted by atomic mass is 10.5. The van der Waals surface area contributed by atoms with Gasteiger partial charge < -0.3 is 18.7 Å². The summed E-state index contributed by atoms with van der Waals surface area (Å²) in [6.45, 7) is 2.89. The molecule has 0 fully saturated rings. The second-order valence-corrected chi connectivity index (χ2v) is 8.20. The lowest BCUT2D eigenvalue weighted by molar-refractivity contribution is 0.249. The molecule has 0 heterocycles. The largest absolute Gasteiger partial charge is 0.398 e. The zero-order valence-corrected chi connectivity index (χ0v) is 13.3. The summed E-state index contributed by atoms with van der Waals surface area (Å²) in [5.41, 5.74) is 0. The van der Waals surface area contributed by atoms with Crippen molar-refractivity contribution in [3.8, 4) is 0 Å². The minimum atomic E-state index is -1.92. The van der Waals surface area contributed by atoms with Crippen LogP contribution in [0.4, 0.5) is 0 Å². The number of nitrogens with zero attached hydrogens (tertiary/aromatic N) is 3. The van der Waals surface area contributed by atoms with E-state index in [4.69, 9.17) is 8.85 Å². The Bertz CT molecular complexity index is 231. The van der Waals surface area contributed by atoms with Gasteiger partial charge in [0, 0.05) is 49.0 Å². The molecule has 0 bridgehead atoms. The van der Waals surface area contributed by atoms with Crippen LogP contribution in [0.1, 0.15) is 6.42 Å². The number of guanidine groups is 1. The van der Waals surface area contributed by atoms with Gasteiger partial charge in [0.1, 0.15) is 0 Å². The van der Waals surface area contributed by atoms with E-state index in [0.717, 1.165) is 25.0 Å². The Balaban J connectivity index is 4.16. The summed E-state index contributed by atoms with van der Waals surface area (Å²) in [5, 5.41) is 0. The van der Waals surface area contributed by atoms with Gasteiger partial charge in [0.15, 0.2) is 5.96 Å². The van der Waals surface area contributed by atoms with E-state index in [9.17, 15) is 0 Å². The first-order chi connectivity index (χ1) is 7.86. The van der Waals surface area contributed by atoms with Crippen molar-refractivity contribution in [3.63, 3.8) is 0 Å². The van der Waals surface area contributed by atoms with Crippen LogP contribution in [0.15, 0.2) is 4.99 Å². The summed E-state index contributed by atoms with van der Waals surface area (Å²) in [7, 11) is 9.54. The topological polar surface area (TPSA) is 37.3 Å². The molecule has 0 atom stereocenters. The van der Waals surface area contributed by atoms with E-state index >= 15 is 0 Å². The van der Waals surface area contributed by atoms with Crippen molar-refractivity contribution in [1.82, 2.24) is 9.80 Å². The van der Waals surface area contributed by atoms with Gasteiger partial charge in [-0.15, -0.1) is 0 Å². The Morgan fingerprint density at radius 3 is 1.88 bits per heavy atom. The van der Waals surface area contributed by atoms with Gasteiger partial charge >= 0.3 is 8.56 Å². The first kappa shape index (κ1) is 16.4. The third-order valence-corrected chi connectivity index (χ3v) is 5.69. The van der Waals surface area contributed by atoms with Crippen molar-refractivity contribution in [3.05, 3.63) is 0 Å². The molecule has 0 saturated carbocycles. The van der Waals surface area contributed by atoms with Crippen LogP contribution in [0.2, 0.25) is 12.6 Å². The molecule has 0 aliphatic heterocycles. The van der Waals surface area contributed by atoms with Gasteiger partial charge in [0.25, 0.3) is 0 Å². The molecule has 0 unspecified atom stereocenters. The molecule has 5 nitrogen and oxygen atoms in total. The molecular weight excluding hydrogens is 234 g/mol. The molecule has 0 N–H and O–H groups in total. The summed E-state index contributed by atoms with van der Waals surface area (Å²) in [6, 6.07) is 0.970. The maximum absolute atomic E-state index is 5.44. The highest BCUT2D eigenvalue weighted by atomic mass is 28.4. The molecule has 0 aromatic carbocycles. The van der Waals surface area contributed by atoms with E-state index in [-0.39, 0.29) is 0 Å². The van der Waals surface area contributed by atoms with Crippen LogP contribution in [-0.2, 0) is 8.85 Å². The summed E-state index contributed by atoms with van der Waals surface area (Å²) >= 11 is 0. The van der Waals surface area contributed by atoms with Crippen LogP contribution in [-0.4, -0.2) is 73.3 Å². The zero-order chi connectivity index (χ0) is 13.5. The SMILES string of the molecule is CO[Si](C)(CCCN=C(N(C)C)N(C)C)OC. The predicted octanol–water partition coefficient (Wildman–Crippen LogP) is 1.22. The Kier molecular flexibility index (Phi) is 7.41. The van der Waals surface area contributed by atoms with Crippen LogP contribution in [0.3, 0.4) is 0 Å². The maximum atomic E-state index is 5.44. The van der Waals surface area contributed by atoms with Crippen molar-refractivity contribution >= 4 is 14.5 Å². The minimum Gasteiger partial charge on any atom is -0.398 e. The van der Waals surface area contributed by atoms with Crippen molar-refractivity contribution in [2.24, 2.45) is 4.99 Å². The zero-order valence-electron chi connectivity index (χ0n) is 12.3. The number of aliphatic imine (C=N–C) groups is 1. The van der Waals surface area contributed by atoms with E-state index in [1.165, 1.54) is 0 Å². The highest BCUT2D eigenvalue weighted by molar-refractivity contribution is 6.65. The number of hydrogen-bond donors (Lipinski definition) is 0. The molecule has 0 saturated heterocycles. The maximum Gasteiger partial charge on any atom is 0.334 e. The fourth-order valence-electron chi connectivity index (χ4n) is 1.55. The highest BCUT2D eigenvalue weighted by Gasteiger charge is 2.27. The van der Waals surface area contributed by atoms with Gasteiger partial charge in [-0.05, 0) is 19.0 Å². The Morgan fingerprint density at radius 1 is 1.06 bits per heavy atom. The van der Waals surface area contributed by atoms with Crippen LogP contribution in [0.5, 0.6) is 0 Å². The summed E-state index contributed by atoms with van der Waals surface area (Å²) in [4.78, 5) is 8.61. The third-order valence-electron chi connectivity index (χ3n) is 2.71. The van der Waals surface area contributed by atoms with Gasteiger partial charge in [0.2, 0.25) is 0 Å². The molecule has 0 spiro atoms. The lowest BCUT2D eigenvalue weighted by Crippen LogP contribution is -2.37. The average molecular weight is 261 g/mol. The molecule has 102 valence electrons. The summed E-state index contributed by atoms with van der Waals surface area (Å²) < 4.78 is 10.9. The fourth-order valence-corrected chi connectivity index (χ4v) is 2.92. The quantitative estimate of drug-likeness (QED) is 0.312. The van der Waals surface area contributed by atoms with E-state index in [0.29, 0.717) is 0 Å². The summed E-state index contributed by atoms with van der Waals surface area (Å²) in [5.74, 6) is 0.989. The van der Waals surface area contributed by atoms with Gasteiger partial charge in [-0.1, -0.05) is 0 Å². The molecule has 0 aromatic heterocycles. The van der Waals surface area contributed by atoms with Crippen molar-refractivity contribution in [1.29, 1.82) is 0 Å². The molecule has 0 rings (SSSR count). The first-order valence-corrected chi connectivity index (χ1v) is 8.38. The second-order valence-electron chi connectivity index (χ2n) is 4.62. The molecule has 0 aliphatic carbocycles. The average Bonchev–Trinajstić information content (AvgIpc) is 2.27. The van der Waals surface area contributed by atoms with E-state index < -0.39 is 8.56 Å². The van der Waals surface area contributed by atoms with E-state index in [2.05, 4.69) is 11.5 Å². The Hall–Kier alpha value is -0.593. The van der Waals surface area contributed by atoms with Gasteiger partial charge in [-0.2, -0.15) is 0 Å². The molecule has 17 heavy (non-hydrogen) atoms. The first-order valence-electron chi connectivity index (χ1n) is 5.85. The van der Waals surface area contributed by atoms with Crippen molar-refractivity contribution in [2.45, 2.75) is 19.0 Å². The van der Waals surface area contributed by atoms with Gasteiger partial charge in [-0.3, -0.25) is 4.99 Å². The molecular formula is C11H27N3O2Si. The Morgan fingerprint density at radius 2 is 1.53 bits per heavy atom. The third kappa shape index (κ3) is 6.04.